The molecule has 1 aromatic heterocycles. The number of aromatic nitrogens is 1. The van der Waals surface area contributed by atoms with E-state index < -0.39 is 0 Å². The standard InChI is InChI=1S/C14H20Br2N2/c1-4-6-17-13(7-10(3)5-2)14-12(16)8-11(15)9-18-14/h8-9,13,17H,3-7H2,1-2H3. The molecule has 1 unspecified atom stereocenters. The summed E-state index contributed by atoms with van der Waals surface area (Å²) in [7, 11) is 0. The summed E-state index contributed by atoms with van der Waals surface area (Å²) in [6.45, 7) is 9.40. The Morgan fingerprint density at radius 2 is 2.17 bits per heavy atom. The predicted octanol–water partition coefficient (Wildman–Crippen LogP) is 5.00. The fourth-order valence-electron chi connectivity index (χ4n) is 1.70. The van der Waals surface area contributed by atoms with Crippen molar-refractivity contribution in [3.63, 3.8) is 0 Å². The van der Waals surface area contributed by atoms with Crippen molar-refractivity contribution in [3.8, 4) is 0 Å². The number of hydrogen-bond donors (Lipinski definition) is 1. The van der Waals surface area contributed by atoms with Crippen molar-refractivity contribution in [1.82, 2.24) is 10.3 Å². The quantitative estimate of drug-likeness (QED) is 0.678. The molecule has 2 nitrogen and oxygen atoms in total. The number of hydrogen-bond acceptors (Lipinski definition) is 2. The van der Waals surface area contributed by atoms with Gasteiger partial charge in [-0.1, -0.05) is 26.0 Å². The normalized spacial score (nSPS) is 12.4. The summed E-state index contributed by atoms with van der Waals surface area (Å²) in [5.74, 6) is 0. The highest BCUT2D eigenvalue weighted by atomic mass is 79.9. The summed E-state index contributed by atoms with van der Waals surface area (Å²) in [5.41, 5.74) is 2.31. The minimum Gasteiger partial charge on any atom is -0.308 e. The molecular weight excluding hydrogens is 356 g/mol. The second-order valence-electron chi connectivity index (χ2n) is 4.33. The Morgan fingerprint density at radius 1 is 1.44 bits per heavy atom. The van der Waals surface area contributed by atoms with E-state index in [4.69, 9.17) is 0 Å². The van der Waals surface area contributed by atoms with Gasteiger partial charge in [0.2, 0.25) is 0 Å². The fourth-order valence-corrected chi connectivity index (χ4v) is 2.96. The zero-order valence-electron chi connectivity index (χ0n) is 11.0. The van der Waals surface area contributed by atoms with Crippen molar-refractivity contribution in [2.75, 3.05) is 6.54 Å². The lowest BCUT2D eigenvalue weighted by Gasteiger charge is -2.20. The van der Waals surface area contributed by atoms with Gasteiger partial charge in [-0.15, -0.1) is 0 Å². The summed E-state index contributed by atoms with van der Waals surface area (Å²) in [6, 6.07) is 2.28. The largest absolute Gasteiger partial charge is 0.308 e. The highest BCUT2D eigenvalue weighted by molar-refractivity contribution is 9.11. The van der Waals surface area contributed by atoms with Gasteiger partial charge in [0, 0.05) is 15.1 Å². The fraction of sp³-hybridized carbons (Fsp3) is 0.500. The summed E-state index contributed by atoms with van der Waals surface area (Å²) < 4.78 is 2.02. The second-order valence-corrected chi connectivity index (χ2v) is 6.10. The molecule has 0 saturated carbocycles. The Balaban J connectivity index is 2.89. The topological polar surface area (TPSA) is 24.9 Å². The van der Waals surface area contributed by atoms with E-state index in [0.29, 0.717) is 0 Å². The van der Waals surface area contributed by atoms with Crippen molar-refractivity contribution in [3.05, 3.63) is 39.1 Å². The van der Waals surface area contributed by atoms with Gasteiger partial charge in [0.25, 0.3) is 0 Å². The number of halogens is 2. The molecule has 0 amide bonds. The number of nitrogens with one attached hydrogen (secondary N) is 1. The third-order valence-corrected chi connectivity index (χ3v) is 3.87. The van der Waals surface area contributed by atoms with Gasteiger partial charge in [0.15, 0.2) is 0 Å². The lowest BCUT2D eigenvalue weighted by Crippen LogP contribution is -2.23. The minimum atomic E-state index is 0.236. The van der Waals surface area contributed by atoms with E-state index in [9.17, 15) is 0 Å². The molecule has 0 aliphatic rings. The Kier molecular flexibility index (Phi) is 7.12. The molecule has 0 bridgehead atoms. The molecule has 0 fully saturated rings. The van der Waals surface area contributed by atoms with E-state index in [1.807, 2.05) is 12.3 Å². The highest BCUT2D eigenvalue weighted by Gasteiger charge is 2.16. The number of rotatable bonds is 7. The lowest BCUT2D eigenvalue weighted by molar-refractivity contribution is 0.510. The molecule has 1 aromatic rings. The molecule has 4 heteroatoms. The van der Waals surface area contributed by atoms with Gasteiger partial charge in [-0.25, -0.2) is 0 Å². The summed E-state index contributed by atoms with van der Waals surface area (Å²) in [5, 5.41) is 3.54. The average Bonchev–Trinajstić information content (AvgIpc) is 2.34. The third-order valence-electron chi connectivity index (χ3n) is 2.80. The van der Waals surface area contributed by atoms with Crippen LogP contribution in [0, 0.1) is 0 Å². The first-order valence-electron chi connectivity index (χ1n) is 6.29. The van der Waals surface area contributed by atoms with Gasteiger partial charge in [-0.2, -0.15) is 0 Å². The summed E-state index contributed by atoms with van der Waals surface area (Å²) in [4.78, 5) is 4.52. The third kappa shape index (κ3) is 4.82. The van der Waals surface area contributed by atoms with Gasteiger partial charge in [0.05, 0.1) is 11.7 Å². The molecule has 18 heavy (non-hydrogen) atoms. The smallest absolute Gasteiger partial charge is 0.0718 e. The Bertz CT molecular complexity index is 405. The highest BCUT2D eigenvalue weighted by Crippen LogP contribution is 2.28. The predicted molar refractivity (Wildman–Crippen MR) is 84.7 cm³/mol. The van der Waals surface area contributed by atoms with E-state index in [-0.39, 0.29) is 6.04 Å². The van der Waals surface area contributed by atoms with Crippen molar-refractivity contribution in [2.45, 2.75) is 39.2 Å². The first-order chi connectivity index (χ1) is 8.58. The number of nitrogens with zero attached hydrogens (tertiary/aromatic N) is 1. The SMILES string of the molecule is C=C(CC)CC(NCCC)c1ncc(Br)cc1Br. The van der Waals surface area contributed by atoms with E-state index in [0.717, 1.165) is 40.4 Å². The molecular formula is C14H20Br2N2. The maximum absolute atomic E-state index is 4.52. The first-order valence-corrected chi connectivity index (χ1v) is 7.88. The van der Waals surface area contributed by atoms with Gasteiger partial charge in [-0.3, -0.25) is 4.98 Å². The zero-order chi connectivity index (χ0) is 13.5. The van der Waals surface area contributed by atoms with Crippen LogP contribution in [0.4, 0.5) is 0 Å². The van der Waals surface area contributed by atoms with E-state index in [2.05, 4.69) is 62.6 Å². The summed E-state index contributed by atoms with van der Waals surface area (Å²) in [6.07, 6.45) is 4.90. The van der Waals surface area contributed by atoms with E-state index >= 15 is 0 Å². The average molecular weight is 376 g/mol. The van der Waals surface area contributed by atoms with Crippen molar-refractivity contribution in [1.29, 1.82) is 0 Å². The van der Waals surface area contributed by atoms with Crippen LogP contribution in [0.2, 0.25) is 0 Å². The molecule has 0 radical (unpaired) electrons. The van der Waals surface area contributed by atoms with Crippen LogP contribution in [0.5, 0.6) is 0 Å². The van der Waals surface area contributed by atoms with Gasteiger partial charge in [-0.05, 0) is 63.7 Å². The Labute approximate surface area is 127 Å². The van der Waals surface area contributed by atoms with Crippen LogP contribution in [0.25, 0.3) is 0 Å². The maximum atomic E-state index is 4.52. The van der Waals surface area contributed by atoms with Gasteiger partial charge in [0.1, 0.15) is 0 Å². The van der Waals surface area contributed by atoms with E-state index in [1.54, 1.807) is 0 Å². The van der Waals surface area contributed by atoms with E-state index in [1.165, 1.54) is 5.57 Å². The first kappa shape index (κ1) is 15.9. The zero-order valence-corrected chi connectivity index (χ0v) is 14.1. The van der Waals surface area contributed by atoms with Crippen LogP contribution in [0.1, 0.15) is 44.8 Å². The molecule has 0 aromatic carbocycles. The molecule has 1 atom stereocenters. The molecule has 100 valence electrons. The lowest BCUT2D eigenvalue weighted by atomic mass is 10.0. The molecule has 1 rings (SSSR count). The van der Waals surface area contributed by atoms with Gasteiger partial charge >= 0.3 is 0 Å². The van der Waals surface area contributed by atoms with Crippen molar-refractivity contribution in [2.24, 2.45) is 0 Å². The summed E-state index contributed by atoms with van der Waals surface area (Å²) >= 11 is 7.02. The van der Waals surface area contributed by atoms with Crippen LogP contribution >= 0.6 is 31.9 Å². The number of pyridine rings is 1. The van der Waals surface area contributed by atoms with Crippen LogP contribution < -0.4 is 5.32 Å². The maximum Gasteiger partial charge on any atom is 0.0718 e. The molecule has 1 N–H and O–H groups in total. The van der Waals surface area contributed by atoms with Crippen LogP contribution in [0.3, 0.4) is 0 Å². The molecule has 1 heterocycles. The molecule has 0 aliphatic carbocycles. The van der Waals surface area contributed by atoms with Crippen molar-refractivity contribution < 1.29 is 0 Å². The monoisotopic (exact) mass is 374 g/mol. The second kappa shape index (κ2) is 8.08. The van der Waals surface area contributed by atoms with Crippen molar-refractivity contribution >= 4 is 31.9 Å². The van der Waals surface area contributed by atoms with Crippen LogP contribution in [-0.2, 0) is 0 Å². The van der Waals surface area contributed by atoms with Crippen LogP contribution in [0.15, 0.2) is 33.4 Å². The molecule has 0 saturated heterocycles. The Morgan fingerprint density at radius 3 is 2.72 bits per heavy atom. The van der Waals surface area contributed by atoms with Gasteiger partial charge < -0.3 is 5.32 Å². The molecule has 0 spiro atoms. The minimum absolute atomic E-state index is 0.236. The van der Waals surface area contributed by atoms with Crippen LogP contribution in [-0.4, -0.2) is 11.5 Å². The Hall–Kier alpha value is -0.190. The molecule has 0 aliphatic heterocycles.